The Morgan fingerprint density at radius 1 is 1.47 bits per heavy atom. The van der Waals surface area contributed by atoms with E-state index in [1.165, 1.54) is 0 Å². The zero-order valence-electron chi connectivity index (χ0n) is 8.27. The van der Waals surface area contributed by atoms with Crippen molar-refractivity contribution in [2.45, 2.75) is 25.3 Å². The van der Waals surface area contributed by atoms with Crippen molar-refractivity contribution in [2.24, 2.45) is 5.73 Å². The summed E-state index contributed by atoms with van der Waals surface area (Å²) in [6, 6.07) is 5.31. The van der Waals surface area contributed by atoms with Crippen LogP contribution < -0.4 is 5.73 Å². The third kappa shape index (κ3) is 2.30. The van der Waals surface area contributed by atoms with Gasteiger partial charge in [0.15, 0.2) is 0 Å². The van der Waals surface area contributed by atoms with E-state index in [1.54, 1.807) is 12.1 Å². The molecular weight excluding hydrogens is 214 g/mol. The molecule has 0 saturated heterocycles. The summed E-state index contributed by atoms with van der Waals surface area (Å²) in [6.45, 7) is 0. The van der Waals surface area contributed by atoms with Gasteiger partial charge in [0, 0.05) is 6.04 Å². The maximum absolute atomic E-state index is 10.7. The molecule has 0 bridgehead atoms. The molecule has 4 heteroatoms. The molecule has 0 radical (unpaired) electrons. The molecule has 0 aromatic heterocycles. The van der Waals surface area contributed by atoms with Crippen molar-refractivity contribution in [3.63, 3.8) is 0 Å². The van der Waals surface area contributed by atoms with E-state index < -0.39 is 5.97 Å². The summed E-state index contributed by atoms with van der Waals surface area (Å²) in [6.07, 6.45) is 3.00. The van der Waals surface area contributed by atoms with Gasteiger partial charge in [0.2, 0.25) is 0 Å². The second-order valence-electron chi connectivity index (χ2n) is 3.72. The second kappa shape index (κ2) is 4.64. The molecule has 0 fully saturated rings. The first-order valence-corrected chi connectivity index (χ1v) is 4.80. The Kier molecular flexibility index (Phi) is 3.72. The number of nitrogens with two attached hydrogens (primary N) is 1. The van der Waals surface area contributed by atoms with Crippen LogP contribution in [0.2, 0.25) is 0 Å². The molecule has 3 nitrogen and oxygen atoms in total. The highest BCUT2D eigenvalue weighted by Crippen LogP contribution is 2.28. The van der Waals surface area contributed by atoms with Crippen molar-refractivity contribution in [3.8, 4) is 0 Å². The molecule has 0 heterocycles. The number of carbonyl (C=O) groups is 1. The van der Waals surface area contributed by atoms with Crippen LogP contribution in [0, 0.1) is 0 Å². The molecule has 0 amide bonds. The van der Waals surface area contributed by atoms with Crippen molar-refractivity contribution in [1.29, 1.82) is 0 Å². The van der Waals surface area contributed by atoms with Crippen LogP contribution in [-0.4, -0.2) is 11.1 Å². The van der Waals surface area contributed by atoms with Crippen LogP contribution in [-0.2, 0) is 6.42 Å². The minimum absolute atomic E-state index is 0. The van der Waals surface area contributed by atoms with Gasteiger partial charge in [-0.1, -0.05) is 6.07 Å². The number of fused-ring (bicyclic) bond motifs is 1. The van der Waals surface area contributed by atoms with Crippen LogP contribution in [0.1, 0.15) is 40.4 Å². The quantitative estimate of drug-likeness (QED) is 0.773. The normalized spacial score (nSPS) is 18.9. The number of carboxylic acids is 1. The summed E-state index contributed by atoms with van der Waals surface area (Å²) in [7, 11) is 0. The van der Waals surface area contributed by atoms with Crippen molar-refractivity contribution < 1.29 is 9.90 Å². The zero-order valence-corrected chi connectivity index (χ0v) is 9.09. The van der Waals surface area contributed by atoms with E-state index in [1.807, 2.05) is 6.07 Å². The number of aryl methyl sites for hydroxylation is 1. The molecule has 0 aliphatic heterocycles. The Hall–Kier alpha value is -1.06. The molecule has 1 aliphatic rings. The van der Waals surface area contributed by atoms with E-state index in [4.69, 9.17) is 10.8 Å². The standard InChI is InChI=1S/C11H13NO2.ClH/c12-10-3-1-2-7-6-8(11(13)14)4-5-9(7)10;/h4-6,10H,1-3,12H2,(H,13,14);1H/t10-;/m1./s1. The van der Waals surface area contributed by atoms with E-state index in [0.717, 1.165) is 30.4 Å². The van der Waals surface area contributed by atoms with Gasteiger partial charge in [-0.25, -0.2) is 4.79 Å². The molecule has 1 aromatic carbocycles. The molecule has 0 unspecified atom stereocenters. The molecular formula is C11H14ClNO2. The van der Waals surface area contributed by atoms with Crippen molar-refractivity contribution in [3.05, 3.63) is 34.9 Å². The average Bonchev–Trinajstić information content (AvgIpc) is 2.17. The monoisotopic (exact) mass is 227 g/mol. The maximum atomic E-state index is 10.7. The third-order valence-electron chi connectivity index (χ3n) is 2.75. The minimum Gasteiger partial charge on any atom is -0.478 e. The Labute approximate surface area is 94.7 Å². The Morgan fingerprint density at radius 3 is 2.87 bits per heavy atom. The van der Waals surface area contributed by atoms with Crippen LogP contribution in [0.3, 0.4) is 0 Å². The highest BCUT2D eigenvalue weighted by molar-refractivity contribution is 5.88. The number of benzene rings is 1. The summed E-state index contributed by atoms with van der Waals surface area (Å²) < 4.78 is 0. The van der Waals surface area contributed by atoms with Gasteiger partial charge in [0.05, 0.1) is 5.56 Å². The first-order chi connectivity index (χ1) is 6.68. The van der Waals surface area contributed by atoms with Crippen molar-refractivity contribution >= 4 is 18.4 Å². The van der Waals surface area contributed by atoms with Gasteiger partial charge in [-0.15, -0.1) is 12.4 Å². The molecule has 1 atom stereocenters. The average molecular weight is 228 g/mol. The number of aromatic carboxylic acids is 1. The molecule has 15 heavy (non-hydrogen) atoms. The molecule has 1 aromatic rings. The number of halogens is 1. The van der Waals surface area contributed by atoms with E-state index >= 15 is 0 Å². The SMILES string of the molecule is Cl.N[C@@H]1CCCc2cc(C(=O)O)ccc21. The van der Waals surface area contributed by atoms with E-state index in [9.17, 15) is 4.79 Å². The van der Waals surface area contributed by atoms with Gasteiger partial charge in [-0.05, 0) is 42.5 Å². The summed E-state index contributed by atoms with van der Waals surface area (Å²) in [5.41, 5.74) is 8.50. The predicted octanol–water partition coefficient (Wildman–Crippen LogP) is 2.14. The topological polar surface area (TPSA) is 63.3 Å². The van der Waals surface area contributed by atoms with Crippen molar-refractivity contribution in [2.75, 3.05) is 0 Å². The fourth-order valence-corrected chi connectivity index (χ4v) is 1.98. The highest BCUT2D eigenvalue weighted by atomic mass is 35.5. The van der Waals surface area contributed by atoms with Gasteiger partial charge >= 0.3 is 5.97 Å². The summed E-state index contributed by atoms with van der Waals surface area (Å²) >= 11 is 0. The minimum atomic E-state index is -0.869. The van der Waals surface area contributed by atoms with E-state index in [2.05, 4.69) is 0 Å². The Morgan fingerprint density at radius 2 is 2.20 bits per heavy atom. The van der Waals surface area contributed by atoms with Crippen LogP contribution in [0.15, 0.2) is 18.2 Å². The predicted molar refractivity (Wildman–Crippen MR) is 60.5 cm³/mol. The van der Waals surface area contributed by atoms with Crippen LogP contribution in [0.5, 0.6) is 0 Å². The van der Waals surface area contributed by atoms with Gasteiger partial charge in [-0.3, -0.25) is 0 Å². The molecule has 2 rings (SSSR count). The van der Waals surface area contributed by atoms with Crippen LogP contribution in [0.25, 0.3) is 0 Å². The molecule has 1 aliphatic carbocycles. The summed E-state index contributed by atoms with van der Waals surface area (Å²) in [5.74, 6) is -0.869. The molecule has 0 saturated carbocycles. The van der Waals surface area contributed by atoms with Gasteiger partial charge in [0.1, 0.15) is 0 Å². The number of hydrogen-bond acceptors (Lipinski definition) is 2. The lowest BCUT2D eigenvalue weighted by molar-refractivity contribution is 0.0696. The number of rotatable bonds is 1. The van der Waals surface area contributed by atoms with E-state index in [-0.39, 0.29) is 18.4 Å². The fourth-order valence-electron chi connectivity index (χ4n) is 1.98. The lowest BCUT2D eigenvalue weighted by atomic mass is 9.87. The second-order valence-corrected chi connectivity index (χ2v) is 3.72. The maximum Gasteiger partial charge on any atom is 0.335 e. The molecule has 82 valence electrons. The number of carboxylic acid groups (broad SMARTS) is 1. The lowest BCUT2D eigenvalue weighted by Gasteiger charge is -2.22. The molecule has 3 N–H and O–H groups in total. The number of hydrogen-bond donors (Lipinski definition) is 2. The third-order valence-corrected chi connectivity index (χ3v) is 2.75. The first kappa shape index (κ1) is 12.0. The summed E-state index contributed by atoms with van der Waals surface area (Å²) in [5, 5.41) is 8.82. The van der Waals surface area contributed by atoms with Crippen LogP contribution in [0.4, 0.5) is 0 Å². The zero-order chi connectivity index (χ0) is 10.1. The van der Waals surface area contributed by atoms with Crippen LogP contribution >= 0.6 is 12.4 Å². The van der Waals surface area contributed by atoms with Crippen molar-refractivity contribution in [1.82, 2.24) is 0 Å². The van der Waals surface area contributed by atoms with Gasteiger partial charge in [-0.2, -0.15) is 0 Å². The Balaban J connectivity index is 0.00000112. The van der Waals surface area contributed by atoms with Gasteiger partial charge in [0.25, 0.3) is 0 Å². The first-order valence-electron chi connectivity index (χ1n) is 4.80. The highest BCUT2D eigenvalue weighted by Gasteiger charge is 2.17. The fraction of sp³-hybridized carbons (Fsp3) is 0.364. The Bertz CT molecular complexity index is 379. The lowest BCUT2D eigenvalue weighted by Crippen LogP contribution is -2.17. The summed E-state index contributed by atoms with van der Waals surface area (Å²) in [4.78, 5) is 10.7. The largest absolute Gasteiger partial charge is 0.478 e. The van der Waals surface area contributed by atoms with Gasteiger partial charge < -0.3 is 10.8 Å². The smallest absolute Gasteiger partial charge is 0.335 e. The van der Waals surface area contributed by atoms with E-state index in [0.29, 0.717) is 5.56 Å². The molecule has 0 spiro atoms.